The average molecular weight is 276 g/mol. The van der Waals surface area contributed by atoms with Crippen LogP contribution in [0.25, 0.3) is 0 Å². The maximum absolute atomic E-state index is 5.37. The smallest absolute Gasteiger partial charge is 0.0596 e. The van der Waals surface area contributed by atoms with E-state index in [0.29, 0.717) is 12.2 Å². The quantitative estimate of drug-likeness (QED) is 0.604. The first-order valence-corrected chi connectivity index (χ1v) is 7.28. The highest BCUT2D eigenvalue weighted by atomic mass is 16.5. The van der Waals surface area contributed by atoms with Gasteiger partial charge in [0.15, 0.2) is 0 Å². The summed E-state index contributed by atoms with van der Waals surface area (Å²) in [7, 11) is 8.25. The van der Waals surface area contributed by atoms with Gasteiger partial charge >= 0.3 is 0 Å². The summed E-state index contributed by atoms with van der Waals surface area (Å²) >= 11 is 0. The Bertz CT molecular complexity index is 154. The molecule has 118 valence electrons. The normalized spacial score (nSPS) is 11.4. The summed E-state index contributed by atoms with van der Waals surface area (Å²) in [5.74, 6) is 0. The van der Waals surface area contributed by atoms with Gasteiger partial charge in [-0.05, 0) is 68.9 Å². The van der Waals surface area contributed by atoms with Crippen molar-refractivity contribution in [3.63, 3.8) is 0 Å². The number of rotatable bonds is 9. The molecule has 4 heteroatoms. The molecule has 0 unspecified atom stereocenters. The summed E-state index contributed by atoms with van der Waals surface area (Å²) in [4.78, 5) is 4.28. The van der Waals surface area contributed by atoms with Crippen LogP contribution < -0.4 is 0 Å². The van der Waals surface area contributed by atoms with E-state index < -0.39 is 0 Å². The van der Waals surface area contributed by atoms with Crippen LogP contribution in [-0.4, -0.2) is 76.5 Å². The maximum Gasteiger partial charge on any atom is 0.0596 e. The predicted octanol–water partition coefficient (Wildman–Crippen LogP) is 2.34. The van der Waals surface area contributed by atoms with Gasteiger partial charge in [0, 0.05) is 13.2 Å². The van der Waals surface area contributed by atoms with Crippen molar-refractivity contribution in [2.75, 3.05) is 54.5 Å². The Balaban J connectivity index is 0. The Hall–Kier alpha value is -0.160. The van der Waals surface area contributed by atoms with Crippen molar-refractivity contribution in [2.24, 2.45) is 0 Å². The Kier molecular flexibility index (Phi) is 15.9. The molecule has 0 aromatic carbocycles. The number of nitrogens with zero attached hydrogens (tertiary/aromatic N) is 2. The molecule has 0 saturated heterocycles. The summed E-state index contributed by atoms with van der Waals surface area (Å²) in [6, 6.07) is 0. The van der Waals surface area contributed by atoms with Crippen molar-refractivity contribution in [3.8, 4) is 0 Å². The van der Waals surface area contributed by atoms with E-state index in [4.69, 9.17) is 9.47 Å². The number of hydrogen-bond acceptors (Lipinski definition) is 4. The van der Waals surface area contributed by atoms with Crippen LogP contribution in [0, 0.1) is 0 Å². The second-order valence-corrected chi connectivity index (χ2v) is 5.80. The van der Waals surface area contributed by atoms with Crippen molar-refractivity contribution in [3.05, 3.63) is 0 Å². The molecule has 0 aromatic heterocycles. The lowest BCUT2D eigenvalue weighted by molar-refractivity contribution is 0.0677. The van der Waals surface area contributed by atoms with Crippen LogP contribution in [0.15, 0.2) is 0 Å². The lowest BCUT2D eigenvalue weighted by atomic mass is 10.4. The zero-order valence-corrected chi connectivity index (χ0v) is 14.4. The fraction of sp³-hybridized carbons (Fsp3) is 1.00. The highest BCUT2D eigenvalue weighted by Crippen LogP contribution is 1.90. The van der Waals surface area contributed by atoms with E-state index in [9.17, 15) is 0 Å². The third kappa shape index (κ3) is 27.2. The fourth-order valence-corrected chi connectivity index (χ4v) is 1.17. The van der Waals surface area contributed by atoms with Crippen LogP contribution >= 0.6 is 0 Å². The molecule has 0 aliphatic heterocycles. The lowest BCUT2D eigenvalue weighted by Crippen LogP contribution is -2.19. The van der Waals surface area contributed by atoms with Gasteiger partial charge in [0.1, 0.15) is 0 Å². The Labute approximate surface area is 121 Å². The molecular weight excluding hydrogens is 240 g/mol. The predicted molar refractivity (Wildman–Crippen MR) is 83.9 cm³/mol. The average Bonchev–Trinajstić information content (AvgIpc) is 2.23. The molecule has 0 bridgehead atoms. The second-order valence-electron chi connectivity index (χ2n) is 5.80. The number of ether oxygens (including phenoxy) is 2. The van der Waals surface area contributed by atoms with Gasteiger partial charge in [-0.1, -0.05) is 0 Å². The molecule has 0 aliphatic carbocycles. The summed E-state index contributed by atoms with van der Waals surface area (Å²) < 4.78 is 10.7. The molecule has 0 aromatic rings. The van der Waals surface area contributed by atoms with Gasteiger partial charge in [0.2, 0.25) is 0 Å². The first-order chi connectivity index (χ1) is 8.75. The molecule has 0 heterocycles. The lowest BCUT2D eigenvalue weighted by Gasteiger charge is -2.11. The van der Waals surface area contributed by atoms with Gasteiger partial charge in [-0.25, -0.2) is 0 Å². The standard InChI is InChI=1S/C8H19NO.C7H17NO/c1-8(2)10-7-5-6-9(3)4;1-7(2)9-6-5-8(3)4/h8H,5-7H2,1-4H3;7H,5-6H2,1-4H3. The van der Waals surface area contributed by atoms with Gasteiger partial charge in [-0.2, -0.15) is 0 Å². The van der Waals surface area contributed by atoms with Crippen molar-refractivity contribution >= 4 is 0 Å². The fourth-order valence-electron chi connectivity index (χ4n) is 1.17. The number of likely N-dealkylation sites (N-methyl/N-ethyl adjacent to an activating group) is 1. The van der Waals surface area contributed by atoms with E-state index in [-0.39, 0.29) is 0 Å². The van der Waals surface area contributed by atoms with E-state index in [1.54, 1.807) is 0 Å². The van der Waals surface area contributed by atoms with E-state index in [1.807, 2.05) is 14.1 Å². The molecule has 0 saturated carbocycles. The molecule has 0 amide bonds. The molecule has 0 radical (unpaired) electrons. The highest BCUT2D eigenvalue weighted by Gasteiger charge is 1.93. The molecule has 0 rings (SSSR count). The summed E-state index contributed by atoms with van der Waals surface area (Å²) in [5.41, 5.74) is 0. The minimum Gasteiger partial charge on any atom is -0.379 e. The van der Waals surface area contributed by atoms with E-state index in [2.05, 4.69) is 51.6 Å². The molecule has 0 aliphatic rings. The van der Waals surface area contributed by atoms with Crippen LogP contribution in [-0.2, 0) is 9.47 Å². The summed E-state index contributed by atoms with van der Waals surface area (Å²) in [5, 5.41) is 0. The van der Waals surface area contributed by atoms with Crippen molar-refractivity contribution < 1.29 is 9.47 Å². The first kappa shape index (κ1) is 21.1. The Morgan fingerprint density at radius 3 is 1.47 bits per heavy atom. The van der Waals surface area contributed by atoms with Crippen LogP contribution in [0.2, 0.25) is 0 Å². The molecule has 4 nitrogen and oxygen atoms in total. The van der Waals surface area contributed by atoms with Gasteiger partial charge < -0.3 is 19.3 Å². The third-order valence-corrected chi connectivity index (χ3v) is 2.19. The topological polar surface area (TPSA) is 24.9 Å². The van der Waals surface area contributed by atoms with Crippen LogP contribution in [0.4, 0.5) is 0 Å². The zero-order valence-electron chi connectivity index (χ0n) is 14.4. The molecular formula is C15H36N2O2. The van der Waals surface area contributed by atoms with Crippen LogP contribution in [0.5, 0.6) is 0 Å². The van der Waals surface area contributed by atoms with Gasteiger partial charge in [-0.15, -0.1) is 0 Å². The van der Waals surface area contributed by atoms with Crippen molar-refractivity contribution in [2.45, 2.75) is 46.3 Å². The Morgan fingerprint density at radius 2 is 1.11 bits per heavy atom. The molecule has 0 spiro atoms. The third-order valence-electron chi connectivity index (χ3n) is 2.19. The van der Waals surface area contributed by atoms with Crippen molar-refractivity contribution in [1.29, 1.82) is 0 Å². The van der Waals surface area contributed by atoms with Crippen molar-refractivity contribution in [1.82, 2.24) is 9.80 Å². The van der Waals surface area contributed by atoms with Gasteiger partial charge in [0.05, 0.1) is 18.8 Å². The van der Waals surface area contributed by atoms with Crippen LogP contribution in [0.3, 0.4) is 0 Å². The van der Waals surface area contributed by atoms with E-state index in [0.717, 1.165) is 32.7 Å². The minimum atomic E-state index is 0.366. The molecule has 19 heavy (non-hydrogen) atoms. The van der Waals surface area contributed by atoms with Gasteiger partial charge in [-0.3, -0.25) is 0 Å². The molecule has 0 N–H and O–H groups in total. The second kappa shape index (κ2) is 14.3. The minimum absolute atomic E-state index is 0.366. The maximum atomic E-state index is 5.37. The number of hydrogen-bond donors (Lipinski definition) is 0. The monoisotopic (exact) mass is 276 g/mol. The zero-order chi connectivity index (χ0) is 15.3. The largest absolute Gasteiger partial charge is 0.379 e. The van der Waals surface area contributed by atoms with E-state index >= 15 is 0 Å². The first-order valence-electron chi connectivity index (χ1n) is 7.28. The van der Waals surface area contributed by atoms with E-state index in [1.165, 1.54) is 0 Å². The molecule has 0 fully saturated rings. The highest BCUT2D eigenvalue weighted by molar-refractivity contribution is 4.44. The molecule has 0 atom stereocenters. The van der Waals surface area contributed by atoms with Crippen LogP contribution in [0.1, 0.15) is 34.1 Å². The van der Waals surface area contributed by atoms with Gasteiger partial charge in [0.25, 0.3) is 0 Å². The summed E-state index contributed by atoms with van der Waals surface area (Å²) in [6.45, 7) is 12.1. The SMILES string of the molecule is CC(C)OCCCN(C)C.CC(C)OCCN(C)C. The summed E-state index contributed by atoms with van der Waals surface area (Å²) in [6.07, 6.45) is 1.87. The Morgan fingerprint density at radius 1 is 0.684 bits per heavy atom.